The number of nitrogens with one attached hydrogen (secondary N) is 1. The van der Waals surface area contributed by atoms with E-state index in [0.717, 1.165) is 23.3 Å². The summed E-state index contributed by atoms with van der Waals surface area (Å²) >= 11 is 0. The van der Waals surface area contributed by atoms with Gasteiger partial charge in [0.25, 0.3) is 0 Å². The van der Waals surface area contributed by atoms with Crippen LogP contribution in [0.2, 0.25) is 0 Å². The second kappa shape index (κ2) is 10.1. The summed E-state index contributed by atoms with van der Waals surface area (Å²) in [5, 5.41) is 2.91. The molecule has 29 heavy (non-hydrogen) atoms. The minimum Gasteiger partial charge on any atom is -0.493 e. The predicted octanol–water partition coefficient (Wildman–Crippen LogP) is 5.30. The summed E-state index contributed by atoms with van der Waals surface area (Å²) in [6, 6.07) is 12.9. The molecule has 1 N–H and O–H groups in total. The molecule has 0 aliphatic heterocycles. The molecule has 0 radical (unpaired) electrons. The molecule has 0 saturated heterocycles. The summed E-state index contributed by atoms with van der Waals surface area (Å²) in [6.45, 7) is 10.5. The maximum Gasteiger partial charge on any atom is 0.338 e. The molecule has 0 bridgehead atoms. The largest absolute Gasteiger partial charge is 0.493 e. The third-order valence-corrected chi connectivity index (χ3v) is 4.79. The lowest BCUT2D eigenvalue weighted by Crippen LogP contribution is -2.31. The molecule has 0 aliphatic carbocycles. The highest BCUT2D eigenvalue weighted by atomic mass is 16.5. The SMILES string of the molecule is CCOC(=O)c1cccc(NC(=O)C(C)(C)CCCOc2cc(C)ccc2C)c1. The summed E-state index contributed by atoms with van der Waals surface area (Å²) in [4.78, 5) is 24.6. The fraction of sp³-hybridized carbons (Fsp3) is 0.417. The van der Waals surface area contributed by atoms with Gasteiger partial charge < -0.3 is 14.8 Å². The first-order chi connectivity index (χ1) is 13.7. The Bertz CT molecular complexity index is 858. The molecule has 0 aliphatic rings. The highest BCUT2D eigenvalue weighted by molar-refractivity contribution is 5.96. The van der Waals surface area contributed by atoms with E-state index in [4.69, 9.17) is 9.47 Å². The molecule has 5 nitrogen and oxygen atoms in total. The Balaban J connectivity index is 1.88. The van der Waals surface area contributed by atoms with Gasteiger partial charge in [-0.3, -0.25) is 4.79 Å². The van der Waals surface area contributed by atoms with E-state index in [9.17, 15) is 9.59 Å². The van der Waals surface area contributed by atoms with Crippen LogP contribution in [0.1, 0.15) is 55.1 Å². The number of hydrogen-bond donors (Lipinski definition) is 1. The van der Waals surface area contributed by atoms with Gasteiger partial charge in [-0.15, -0.1) is 0 Å². The lowest BCUT2D eigenvalue weighted by atomic mass is 9.87. The average Bonchev–Trinajstić information content (AvgIpc) is 2.68. The van der Waals surface area contributed by atoms with Crippen LogP contribution in [-0.4, -0.2) is 25.1 Å². The van der Waals surface area contributed by atoms with Gasteiger partial charge in [-0.25, -0.2) is 4.79 Å². The number of carbonyl (C=O) groups excluding carboxylic acids is 2. The quantitative estimate of drug-likeness (QED) is 0.460. The number of aryl methyl sites for hydroxylation is 2. The molecule has 0 aromatic heterocycles. The van der Waals surface area contributed by atoms with Crippen molar-refractivity contribution in [1.29, 1.82) is 0 Å². The van der Waals surface area contributed by atoms with Gasteiger partial charge in [-0.2, -0.15) is 0 Å². The molecule has 2 aromatic rings. The van der Waals surface area contributed by atoms with Crippen molar-refractivity contribution in [2.24, 2.45) is 5.41 Å². The zero-order chi connectivity index (χ0) is 21.4. The van der Waals surface area contributed by atoms with E-state index in [1.54, 1.807) is 31.2 Å². The van der Waals surface area contributed by atoms with Crippen molar-refractivity contribution in [2.45, 2.75) is 47.5 Å². The summed E-state index contributed by atoms with van der Waals surface area (Å²) in [6.07, 6.45) is 1.44. The topological polar surface area (TPSA) is 64.6 Å². The van der Waals surface area contributed by atoms with Gasteiger partial charge in [-0.05, 0) is 69.0 Å². The maximum absolute atomic E-state index is 12.7. The summed E-state index contributed by atoms with van der Waals surface area (Å²) < 4.78 is 10.9. The summed E-state index contributed by atoms with van der Waals surface area (Å²) in [7, 11) is 0. The zero-order valence-corrected chi connectivity index (χ0v) is 18.0. The van der Waals surface area contributed by atoms with E-state index >= 15 is 0 Å². The Hall–Kier alpha value is -2.82. The highest BCUT2D eigenvalue weighted by Crippen LogP contribution is 2.26. The highest BCUT2D eigenvalue weighted by Gasteiger charge is 2.27. The molecular formula is C24H31NO4. The number of benzene rings is 2. The third kappa shape index (κ3) is 6.63. The fourth-order valence-electron chi connectivity index (χ4n) is 2.91. The molecule has 1 amide bonds. The first kappa shape index (κ1) is 22.5. The second-order valence-electron chi connectivity index (χ2n) is 7.86. The fourth-order valence-corrected chi connectivity index (χ4v) is 2.91. The molecule has 0 saturated carbocycles. The molecule has 5 heteroatoms. The van der Waals surface area contributed by atoms with Crippen LogP contribution in [0, 0.1) is 19.3 Å². The Labute approximate surface area is 173 Å². The van der Waals surface area contributed by atoms with Crippen molar-refractivity contribution in [2.75, 3.05) is 18.5 Å². The molecule has 0 atom stereocenters. The Morgan fingerprint density at radius 1 is 1.07 bits per heavy atom. The molecule has 156 valence electrons. The van der Waals surface area contributed by atoms with Gasteiger partial charge in [0.15, 0.2) is 0 Å². The summed E-state index contributed by atoms with van der Waals surface area (Å²) in [5.41, 5.74) is 2.71. The van der Waals surface area contributed by atoms with Crippen molar-refractivity contribution < 1.29 is 19.1 Å². The van der Waals surface area contributed by atoms with Crippen LogP contribution >= 0.6 is 0 Å². The monoisotopic (exact) mass is 397 g/mol. The number of ether oxygens (including phenoxy) is 2. The average molecular weight is 398 g/mol. The Morgan fingerprint density at radius 3 is 2.55 bits per heavy atom. The van der Waals surface area contributed by atoms with Crippen molar-refractivity contribution in [3.8, 4) is 5.75 Å². The third-order valence-electron chi connectivity index (χ3n) is 4.79. The van der Waals surface area contributed by atoms with E-state index < -0.39 is 11.4 Å². The van der Waals surface area contributed by atoms with Crippen LogP contribution in [0.5, 0.6) is 5.75 Å². The predicted molar refractivity (Wildman–Crippen MR) is 115 cm³/mol. The van der Waals surface area contributed by atoms with Crippen molar-refractivity contribution >= 4 is 17.6 Å². The number of amides is 1. The van der Waals surface area contributed by atoms with Crippen LogP contribution in [-0.2, 0) is 9.53 Å². The lowest BCUT2D eigenvalue weighted by molar-refractivity contribution is -0.124. The minimum absolute atomic E-state index is 0.0924. The first-order valence-corrected chi connectivity index (χ1v) is 10.0. The van der Waals surface area contributed by atoms with Gasteiger partial charge in [0, 0.05) is 11.1 Å². The number of anilines is 1. The van der Waals surface area contributed by atoms with Crippen molar-refractivity contribution in [3.05, 3.63) is 59.2 Å². The maximum atomic E-state index is 12.7. The van der Waals surface area contributed by atoms with Gasteiger partial charge in [0.2, 0.25) is 5.91 Å². The Kier molecular flexibility index (Phi) is 7.82. The van der Waals surface area contributed by atoms with Crippen LogP contribution in [0.15, 0.2) is 42.5 Å². The first-order valence-electron chi connectivity index (χ1n) is 10.0. The number of esters is 1. The zero-order valence-electron chi connectivity index (χ0n) is 18.0. The van der Waals surface area contributed by atoms with E-state index in [-0.39, 0.29) is 5.91 Å². The van der Waals surface area contributed by atoms with Crippen LogP contribution in [0.4, 0.5) is 5.69 Å². The number of rotatable bonds is 9. The molecule has 2 rings (SSSR count). The molecule has 0 heterocycles. The Morgan fingerprint density at radius 2 is 1.83 bits per heavy atom. The molecule has 0 spiro atoms. The van der Waals surface area contributed by atoms with E-state index in [0.29, 0.717) is 30.9 Å². The van der Waals surface area contributed by atoms with Gasteiger partial charge in [0.1, 0.15) is 5.75 Å². The van der Waals surface area contributed by atoms with Gasteiger partial charge >= 0.3 is 5.97 Å². The van der Waals surface area contributed by atoms with Crippen LogP contribution in [0.3, 0.4) is 0 Å². The smallest absolute Gasteiger partial charge is 0.338 e. The number of hydrogen-bond acceptors (Lipinski definition) is 4. The number of carbonyl (C=O) groups is 2. The van der Waals surface area contributed by atoms with Gasteiger partial charge in [0.05, 0.1) is 18.8 Å². The van der Waals surface area contributed by atoms with Crippen molar-refractivity contribution in [3.63, 3.8) is 0 Å². The van der Waals surface area contributed by atoms with E-state index in [1.165, 1.54) is 0 Å². The normalized spacial score (nSPS) is 11.1. The van der Waals surface area contributed by atoms with Gasteiger partial charge in [-0.1, -0.05) is 32.0 Å². The molecular weight excluding hydrogens is 366 g/mol. The van der Waals surface area contributed by atoms with E-state index in [2.05, 4.69) is 11.4 Å². The molecule has 0 fully saturated rings. The van der Waals surface area contributed by atoms with Crippen LogP contribution in [0.25, 0.3) is 0 Å². The second-order valence-corrected chi connectivity index (χ2v) is 7.86. The molecule has 0 unspecified atom stereocenters. The van der Waals surface area contributed by atoms with Crippen LogP contribution < -0.4 is 10.1 Å². The lowest BCUT2D eigenvalue weighted by Gasteiger charge is -2.24. The molecule has 2 aromatic carbocycles. The van der Waals surface area contributed by atoms with E-state index in [1.807, 2.05) is 39.8 Å². The summed E-state index contributed by atoms with van der Waals surface area (Å²) in [5.74, 6) is 0.403. The standard InChI is InChI=1S/C24H31NO4/c1-6-28-22(26)19-9-7-10-20(16-19)25-23(27)24(4,5)13-8-14-29-21-15-17(2)11-12-18(21)3/h7,9-12,15-16H,6,8,13-14H2,1-5H3,(H,25,27). The van der Waals surface area contributed by atoms with Crippen molar-refractivity contribution in [1.82, 2.24) is 0 Å². The minimum atomic E-state index is -0.565.